The van der Waals surface area contributed by atoms with Gasteiger partial charge in [-0.15, -0.1) is 0 Å². The van der Waals surface area contributed by atoms with Crippen molar-refractivity contribution >= 4 is 21.7 Å². The lowest BCUT2D eigenvalue weighted by molar-refractivity contribution is -0.137. The summed E-state index contributed by atoms with van der Waals surface area (Å²) >= 11 is 0. The molecule has 0 aromatic heterocycles. The van der Waals surface area contributed by atoms with Crippen LogP contribution >= 0.6 is 0 Å². The lowest BCUT2D eigenvalue weighted by atomic mass is 10.1. The Bertz CT molecular complexity index is 822. The van der Waals surface area contributed by atoms with Gasteiger partial charge in [-0.25, -0.2) is 13.2 Å². The maximum atomic E-state index is 12.5. The summed E-state index contributed by atoms with van der Waals surface area (Å²) in [6.45, 7) is -0.411. The maximum absolute atomic E-state index is 12.5. The number of hydrogen-bond acceptors (Lipinski definition) is 6. The predicted molar refractivity (Wildman–Crippen MR) is 88.4 cm³/mol. The van der Waals surface area contributed by atoms with Crippen LogP contribution < -0.4 is 0 Å². The Labute approximate surface area is 146 Å². The van der Waals surface area contributed by atoms with Crippen LogP contribution in [-0.4, -0.2) is 55.4 Å². The Morgan fingerprint density at radius 1 is 1.16 bits per heavy atom. The third kappa shape index (κ3) is 4.17. The molecule has 1 aliphatic carbocycles. The summed E-state index contributed by atoms with van der Waals surface area (Å²) in [5.74, 6) is -0.919. The van der Waals surface area contributed by atoms with Crippen molar-refractivity contribution in [2.75, 3.05) is 18.1 Å². The standard InChI is InChI=1S/C17H18N2O5S/c18-9-12-1-3-13(4-2-12)17(21)24-10-16(20)19(14-5-6-14)15-7-8-25(22,23)11-15/h1-4,14-15H,5-8,10-11H2/t15-/m0/s1. The van der Waals surface area contributed by atoms with Crippen molar-refractivity contribution in [2.45, 2.75) is 31.3 Å². The van der Waals surface area contributed by atoms with Gasteiger partial charge in [0.05, 0.1) is 28.7 Å². The number of nitrogens with zero attached hydrogens (tertiary/aromatic N) is 2. The number of rotatable bonds is 5. The maximum Gasteiger partial charge on any atom is 0.338 e. The highest BCUT2D eigenvalue weighted by Crippen LogP contribution is 2.32. The van der Waals surface area contributed by atoms with Gasteiger partial charge in [0.25, 0.3) is 5.91 Å². The van der Waals surface area contributed by atoms with Gasteiger partial charge < -0.3 is 9.64 Å². The Hall–Kier alpha value is -2.40. The minimum atomic E-state index is -3.09. The van der Waals surface area contributed by atoms with Gasteiger partial charge in [0.15, 0.2) is 16.4 Å². The van der Waals surface area contributed by atoms with E-state index >= 15 is 0 Å². The van der Waals surface area contributed by atoms with Crippen LogP contribution in [0.5, 0.6) is 0 Å². The van der Waals surface area contributed by atoms with Gasteiger partial charge in [-0.2, -0.15) is 5.26 Å². The van der Waals surface area contributed by atoms with Crippen molar-refractivity contribution in [3.8, 4) is 6.07 Å². The number of esters is 1. The molecule has 25 heavy (non-hydrogen) atoms. The Balaban J connectivity index is 1.60. The summed E-state index contributed by atoms with van der Waals surface area (Å²) in [7, 11) is -3.09. The summed E-state index contributed by atoms with van der Waals surface area (Å²) in [5.41, 5.74) is 0.684. The van der Waals surface area contributed by atoms with E-state index in [-0.39, 0.29) is 35.1 Å². The summed E-state index contributed by atoms with van der Waals surface area (Å²) in [4.78, 5) is 26.1. The first-order chi connectivity index (χ1) is 11.9. The fraction of sp³-hybridized carbons (Fsp3) is 0.471. The van der Waals surface area contributed by atoms with Crippen molar-refractivity contribution in [1.82, 2.24) is 4.90 Å². The lowest BCUT2D eigenvalue weighted by Gasteiger charge is -2.28. The van der Waals surface area contributed by atoms with Gasteiger partial charge in [-0.05, 0) is 43.5 Å². The molecule has 1 heterocycles. The molecule has 1 saturated heterocycles. The second-order valence-corrected chi connectivity index (χ2v) is 8.58. The van der Waals surface area contributed by atoms with Gasteiger partial charge in [-0.1, -0.05) is 0 Å². The van der Waals surface area contributed by atoms with E-state index in [1.54, 1.807) is 4.90 Å². The average molecular weight is 362 g/mol. The first-order valence-electron chi connectivity index (χ1n) is 8.08. The Kier molecular flexibility index (Phi) is 4.77. The second kappa shape index (κ2) is 6.84. The first-order valence-corrected chi connectivity index (χ1v) is 9.90. The van der Waals surface area contributed by atoms with Gasteiger partial charge >= 0.3 is 5.97 Å². The summed E-state index contributed by atoms with van der Waals surface area (Å²) in [6.07, 6.45) is 2.14. The zero-order valence-electron chi connectivity index (χ0n) is 13.6. The highest BCUT2D eigenvalue weighted by molar-refractivity contribution is 7.91. The summed E-state index contributed by atoms with van der Waals surface area (Å²) in [6, 6.07) is 7.62. The number of amides is 1. The highest BCUT2D eigenvalue weighted by Gasteiger charge is 2.42. The van der Waals surface area contributed by atoms with Crippen LogP contribution in [0.3, 0.4) is 0 Å². The molecule has 7 nitrogen and oxygen atoms in total. The monoisotopic (exact) mass is 362 g/mol. The molecule has 1 aromatic rings. The van der Waals surface area contributed by atoms with E-state index in [0.717, 1.165) is 12.8 Å². The molecule has 0 N–H and O–H groups in total. The number of carbonyl (C=O) groups is 2. The molecule has 1 aromatic carbocycles. The molecular weight excluding hydrogens is 344 g/mol. The molecule has 2 aliphatic rings. The van der Waals surface area contributed by atoms with E-state index in [4.69, 9.17) is 10.00 Å². The quantitative estimate of drug-likeness (QED) is 0.721. The zero-order valence-corrected chi connectivity index (χ0v) is 14.4. The summed E-state index contributed by atoms with van der Waals surface area (Å²) < 4.78 is 28.4. The second-order valence-electron chi connectivity index (χ2n) is 6.35. The van der Waals surface area contributed by atoms with E-state index in [0.29, 0.717) is 12.0 Å². The van der Waals surface area contributed by atoms with Gasteiger partial charge in [0, 0.05) is 12.1 Å². The van der Waals surface area contributed by atoms with Crippen LogP contribution in [0.4, 0.5) is 0 Å². The fourth-order valence-electron chi connectivity index (χ4n) is 3.02. The number of benzene rings is 1. The minimum absolute atomic E-state index is 0.0151. The number of nitriles is 1. The van der Waals surface area contributed by atoms with Gasteiger partial charge in [0.2, 0.25) is 0 Å². The Morgan fingerprint density at radius 3 is 2.36 bits per heavy atom. The third-order valence-corrected chi connectivity index (χ3v) is 6.16. The first kappa shape index (κ1) is 17.4. The van der Waals surface area contributed by atoms with E-state index in [2.05, 4.69) is 0 Å². The van der Waals surface area contributed by atoms with E-state index in [1.807, 2.05) is 6.07 Å². The third-order valence-electron chi connectivity index (χ3n) is 4.41. The van der Waals surface area contributed by atoms with E-state index < -0.39 is 22.4 Å². The van der Waals surface area contributed by atoms with Crippen molar-refractivity contribution in [1.29, 1.82) is 5.26 Å². The summed E-state index contributed by atoms with van der Waals surface area (Å²) in [5, 5.41) is 8.74. The van der Waals surface area contributed by atoms with Crippen LogP contribution in [-0.2, 0) is 19.4 Å². The van der Waals surface area contributed by atoms with Gasteiger partial charge in [0.1, 0.15) is 0 Å². The lowest BCUT2D eigenvalue weighted by Crippen LogP contribution is -2.44. The van der Waals surface area contributed by atoms with E-state index in [1.165, 1.54) is 24.3 Å². The van der Waals surface area contributed by atoms with Crippen molar-refractivity contribution < 1.29 is 22.7 Å². The minimum Gasteiger partial charge on any atom is -0.452 e. The van der Waals surface area contributed by atoms with Crippen LogP contribution in [0, 0.1) is 11.3 Å². The average Bonchev–Trinajstić information content (AvgIpc) is 3.36. The van der Waals surface area contributed by atoms with Crippen LogP contribution in [0.25, 0.3) is 0 Å². The fourth-order valence-corrected chi connectivity index (χ4v) is 4.73. The van der Waals surface area contributed by atoms with Gasteiger partial charge in [-0.3, -0.25) is 4.79 Å². The molecule has 132 valence electrons. The SMILES string of the molecule is N#Cc1ccc(C(=O)OCC(=O)N(C2CC2)[C@H]2CCS(=O)(=O)C2)cc1. The molecular formula is C17H18N2O5S. The molecule has 0 radical (unpaired) electrons. The van der Waals surface area contributed by atoms with Crippen molar-refractivity contribution in [3.63, 3.8) is 0 Å². The smallest absolute Gasteiger partial charge is 0.338 e. The molecule has 0 spiro atoms. The number of hydrogen-bond donors (Lipinski definition) is 0. The molecule has 1 aliphatic heterocycles. The molecule has 0 bridgehead atoms. The van der Waals surface area contributed by atoms with Crippen LogP contribution in [0.1, 0.15) is 35.2 Å². The molecule has 1 atom stereocenters. The number of sulfone groups is 1. The molecule has 8 heteroatoms. The van der Waals surface area contributed by atoms with Crippen molar-refractivity contribution in [3.05, 3.63) is 35.4 Å². The van der Waals surface area contributed by atoms with Crippen LogP contribution in [0.2, 0.25) is 0 Å². The largest absolute Gasteiger partial charge is 0.452 e. The Morgan fingerprint density at radius 2 is 1.84 bits per heavy atom. The normalized spacial score (nSPS) is 21.3. The van der Waals surface area contributed by atoms with Crippen LogP contribution in [0.15, 0.2) is 24.3 Å². The zero-order chi connectivity index (χ0) is 18.0. The molecule has 2 fully saturated rings. The molecule has 1 saturated carbocycles. The topological polar surface area (TPSA) is 105 Å². The number of ether oxygens (including phenoxy) is 1. The molecule has 1 amide bonds. The predicted octanol–water partition coefficient (Wildman–Crippen LogP) is 0.893. The number of carbonyl (C=O) groups excluding carboxylic acids is 2. The van der Waals surface area contributed by atoms with Crippen molar-refractivity contribution in [2.24, 2.45) is 0 Å². The highest BCUT2D eigenvalue weighted by atomic mass is 32.2. The molecule has 0 unspecified atom stereocenters. The molecule has 3 rings (SSSR count). The van der Waals surface area contributed by atoms with E-state index in [9.17, 15) is 18.0 Å².